The number of rotatable bonds is 5. The molecule has 1 aliphatic heterocycles. The monoisotopic (exact) mass is 476 g/mol. The van der Waals surface area contributed by atoms with Gasteiger partial charge in [0.1, 0.15) is 10.6 Å². The zero-order valence-corrected chi connectivity index (χ0v) is 19.4. The Kier molecular flexibility index (Phi) is 5.54. The lowest BCUT2D eigenvalue weighted by atomic mass is 10.0. The van der Waals surface area contributed by atoms with Crippen LogP contribution in [-0.4, -0.2) is 40.1 Å². The number of carbonyl (C=O) groups is 1. The van der Waals surface area contributed by atoms with Gasteiger partial charge in [0, 0.05) is 49.3 Å². The lowest BCUT2D eigenvalue weighted by Crippen LogP contribution is -2.36. The number of nitrogens with two attached hydrogens (primary N) is 1. The number of nitrogen functional groups attached to an aromatic ring is 1. The third kappa shape index (κ3) is 3.91. The first-order valence-electron chi connectivity index (χ1n) is 10.9. The van der Waals surface area contributed by atoms with Gasteiger partial charge in [-0.25, -0.2) is 8.42 Å². The molecule has 1 amide bonds. The Labute approximate surface area is 197 Å². The number of hydrogen-bond donors (Lipinski definition) is 3. The van der Waals surface area contributed by atoms with Gasteiger partial charge in [0.15, 0.2) is 0 Å². The van der Waals surface area contributed by atoms with Gasteiger partial charge in [-0.05, 0) is 54.3 Å². The maximum atomic E-state index is 13.4. The van der Waals surface area contributed by atoms with E-state index in [1.165, 1.54) is 10.4 Å². The van der Waals surface area contributed by atoms with Crippen LogP contribution in [0.15, 0.2) is 59.9 Å². The minimum atomic E-state index is -3.77. The highest BCUT2D eigenvalue weighted by Gasteiger charge is 2.31. The number of nitrogens with one attached hydrogen (secondary N) is 2. The number of pyridine rings is 2. The molecule has 0 spiro atoms. The van der Waals surface area contributed by atoms with Gasteiger partial charge in [-0.2, -0.15) is 4.31 Å². The van der Waals surface area contributed by atoms with E-state index in [2.05, 4.69) is 20.3 Å². The Morgan fingerprint density at radius 1 is 1.21 bits per heavy atom. The van der Waals surface area contributed by atoms with E-state index >= 15 is 0 Å². The van der Waals surface area contributed by atoms with Crippen LogP contribution in [0.4, 0.5) is 5.69 Å². The van der Waals surface area contributed by atoms with Gasteiger partial charge in [0.05, 0.1) is 11.2 Å². The summed E-state index contributed by atoms with van der Waals surface area (Å²) >= 11 is 0. The van der Waals surface area contributed by atoms with Gasteiger partial charge < -0.3 is 16.0 Å². The van der Waals surface area contributed by atoms with Crippen molar-refractivity contribution in [2.45, 2.75) is 31.3 Å². The van der Waals surface area contributed by atoms with Crippen LogP contribution in [0.25, 0.3) is 10.9 Å². The number of fused-ring (bicyclic) bond motifs is 2. The Bertz CT molecular complexity index is 1510. The van der Waals surface area contributed by atoms with Crippen LogP contribution in [0.2, 0.25) is 0 Å². The quantitative estimate of drug-likeness (QED) is 0.379. The topological polar surface area (TPSA) is 134 Å². The molecular weight excluding hydrogens is 452 g/mol. The number of hydrogen-bond acceptors (Lipinski definition) is 6. The molecule has 0 saturated carbocycles. The molecule has 0 aliphatic carbocycles. The summed E-state index contributed by atoms with van der Waals surface area (Å²) < 4.78 is 28.1. The van der Waals surface area contributed by atoms with Crippen LogP contribution in [0.5, 0.6) is 0 Å². The fourth-order valence-corrected chi connectivity index (χ4v) is 5.93. The number of amides is 1. The second-order valence-corrected chi connectivity index (χ2v) is 10.2. The maximum absolute atomic E-state index is 13.4. The van der Waals surface area contributed by atoms with E-state index in [1.807, 2.05) is 24.3 Å². The third-order valence-electron chi connectivity index (χ3n) is 6.14. The molecule has 4 aromatic rings. The molecule has 3 aromatic heterocycles. The molecule has 1 aliphatic rings. The lowest BCUT2D eigenvalue weighted by molar-refractivity contribution is 0.0946. The first-order valence-corrected chi connectivity index (χ1v) is 12.3. The van der Waals surface area contributed by atoms with Gasteiger partial charge in [0.25, 0.3) is 5.91 Å². The minimum absolute atomic E-state index is 0.109. The molecule has 174 valence electrons. The number of anilines is 1. The fourth-order valence-electron chi connectivity index (χ4n) is 4.30. The molecule has 1 aromatic carbocycles. The summed E-state index contributed by atoms with van der Waals surface area (Å²) in [5, 5.41) is 3.71. The summed E-state index contributed by atoms with van der Waals surface area (Å²) in [5.41, 5.74) is 10.7. The van der Waals surface area contributed by atoms with E-state index in [1.54, 1.807) is 31.6 Å². The van der Waals surface area contributed by atoms with E-state index in [-0.39, 0.29) is 23.7 Å². The smallest absolute Gasteiger partial charge is 0.268 e. The standard InChI is InChI=1S/C24H24N6O3S/c1-15-22(34(32,33)30-10-7-16-12-26-9-6-18(16)14-30)11-21(29-15)24(31)28-13-17-4-5-20(25)23-19(17)3-2-8-27-23/h2-6,8-9,11-12,29H,7,10,13-14,25H2,1H3,(H,28,31). The summed E-state index contributed by atoms with van der Waals surface area (Å²) in [7, 11) is -3.77. The average Bonchev–Trinajstić information content (AvgIpc) is 3.26. The summed E-state index contributed by atoms with van der Waals surface area (Å²) in [6.07, 6.45) is 5.72. The largest absolute Gasteiger partial charge is 0.397 e. The molecule has 9 nitrogen and oxygen atoms in total. The van der Waals surface area contributed by atoms with Crippen molar-refractivity contribution < 1.29 is 13.2 Å². The average molecular weight is 477 g/mol. The van der Waals surface area contributed by atoms with Crippen LogP contribution in [0.1, 0.15) is 32.9 Å². The molecule has 0 atom stereocenters. The van der Waals surface area contributed by atoms with Crippen LogP contribution in [0.3, 0.4) is 0 Å². The van der Waals surface area contributed by atoms with Crippen LogP contribution < -0.4 is 11.1 Å². The number of sulfonamides is 1. The second-order valence-electron chi connectivity index (χ2n) is 8.30. The molecule has 0 radical (unpaired) electrons. The first kappa shape index (κ1) is 22.1. The van der Waals surface area contributed by atoms with Gasteiger partial charge in [-0.1, -0.05) is 12.1 Å². The van der Waals surface area contributed by atoms with Crippen LogP contribution in [-0.2, 0) is 29.5 Å². The molecule has 0 fully saturated rings. The summed E-state index contributed by atoms with van der Waals surface area (Å²) in [6.45, 7) is 2.55. The fraction of sp³-hybridized carbons (Fsp3) is 0.208. The minimum Gasteiger partial charge on any atom is -0.397 e. The SMILES string of the molecule is Cc1[nH]c(C(=O)NCc2ccc(N)c3ncccc23)cc1S(=O)(=O)N1CCc2cnccc2C1. The second kappa shape index (κ2) is 8.54. The number of H-pyrrole nitrogens is 1. The van der Waals surface area contributed by atoms with Crippen molar-refractivity contribution in [3.8, 4) is 0 Å². The zero-order chi connectivity index (χ0) is 23.9. The number of nitrogens with zero attached hydrogens (tertiary/aromatic N) is 3. The van der Waals surface area contributed by atoms with E-state index in [0.717, 1.165) is 22.1 Å². The van der Waals surface area contributed by atoms with Crippen molar-refractivity contribution in [1.82, 2.24) is 24.6 Å². The number of aromatic nitrogens is 3. The Morgan fingerprint density at radius 3 is 2.91 bits per heavy atom. The predicted molar refractivity (Wildman–Crippen MR) is 128 cm³/mol. The van der Waals surface area contributed by atoms with E-state index in [0.29, 0.717) is 29.9 Å². The van der Waals surface area contributed by atoms with Crippen molar-refractivity contribution in [1.29, 1.82) is 0 Å². The van der Waals surface area contributed by atoms with Crippen molar-refractivity contribution in [2.24, 2.45) is 0 Å². The molecule has 5 rings (SSSR count). The normalized spacial score (nSPS) is 14.1. The van der Waals surface area contributed by atoms with Gasteiger partial charge >= 0.3 is 0 Å². The Morgan fingerprint density at radius 2 is 2.06 bits per heavy atom. The first-order chi connectivity index (χ1) is 16.3. The number of aromatic amines is 1. The van der Waals surface area contributed by atoms with Gasteiger partial charge in [-0.3, -0.25) is 14.8 Å². The van der Waals surface area contributed by atoms with E-state index < -0.39 is 15.9 Å². The number of benzene rings is 1. The molecule has 4 N–H and O–H groups in total. The lowest BCUT2D eigenvalue weighted by Gasteiger charge is -2.27. The summed E-state index contributed by atoms with van der Waals surface area (Å²) in [5.74, 6) is -0.395. The number of carbonyl (C=O) groups excluding carboxylic acids is 1. The summed E-state index contributed by atoms with van der Waals surface area (Å²) in [6, 6.07) is 10.6. The van der Waals surface area contributed by atoms with Crippen molar-refractivity contribution >= 4 is 32.5 Å². The van der Waals surface area contributed by atoms with Crippen molar-refractivity contribution in [3.63, 3.8) is 0 Å². The predicted octanol–water partition coefficient (Wildman–Crippen LogP) is 2.53. The maximum Gasteiger partial charge on any atom is 0.268 e. The van der Waals surface area contributed by atoms with E-state index in [4.69, 9.17) is 5.73 Å². The van der Waals surface area contributed by atoms with Gasteiger partial charge in [-0.15, -0.1) is 0 Å². The zero-order valence-electron chi connectivity index (χ0n) is 18.6. The molecule has 4 heterocycles. The van der Waals surface area contributed by atoms with Crippen LogP contribution >= 0.6 is 0 Å². The summed E-state index contributed by atoms with van der Waals surface area (Å²) in [4.78, 5) is 24.3. The highest BCUT2D eigenvalue weighted by Crippen LogP contribution is 2.27. The molecule has 0 unspecified atom stereocenters. The third-order valence-corrected chi connectivity index (χ3v) is 8.11. The van der Waals surface area contributed by atoms with Gasteiger partial charge in [0.2, 0.25) is 10.0 Å². The molecule has 10 heteroatoms. The van der Waals surface area contributed by atoms with Crippen LogP contribution in [0, 0.1) is 6.92 Å². The van der Waals surface area contributed by atoms with Crippen molar-refractivity contribution in [3.05, 3.63) is 83.1 Å². The highest BCUT2D eigenvalue weighted by molar-refractivity contribution is 7.89. The Hall–Kier alpha value is -3.76. The van der Waals surface area contributed by atoms with Crippen molar-refractivity contribution in [2.75, 3.05) is 12.3 Å². The molecule has 0 bridgehead atoms. The highest BCUT2D eigenvalue weighted by atomic mass is 32.2. The Balaban J connectivity index is 1.35. The molecular formula is C24H24N6O3S. The molecule has 34 heavy (non-hydrogen) atoms. The number of aryl methyl sites for hydroxylation is 1. The van der Waals surface area contributed by atoms with E-state index in [9.17, 15) is 13.2 Å². The molecule has 0 saturated heterocycles.